The summed E-state index contributed by atoms with van der Waals surface area (Å²) in [6.07, 6.45) is 1.59. The Kier molecular flexibility index (Phi) is 5.04. The molecule has 0 aromatic carbocycles. The fraction of sp³-hybridized carbons (Fsp3) is 0.444. The molecular weight excluding hydrogens is 156 g/mol. The number of aliphatic hydroxyl groups excluding tert-OH is 1. The molecule has 0 saturated carbocycles. The Hall–Kier alpha value is -1.09. The van der Waals surface area contributed by atoms with Crippen molar-refractivity contribution < 1.29 is 14.6 Å². The predicted octanol–water partition coefficient (Wildman–Crippen LogP) is 1.04. The minimum atomic E-state index is -0.401. The van der Waals surface area contributed by atoms with Gasteiger partial charge in [0.15, 0.2) is 0 Å². The van der Waals surface area contributed by atoms with Gasteiger partial charge in [-0.25, -0.2) is 4.79 Å². The first-order chi connectivity index (χ1) is 5.63. The van der Waals surface area contributed by atoms with Gasteiger partial charge in [-0.3, -0.25) is 0 Å². The molecule has 1 N–H and O–H groups in total. The highest BCUT2D eigenvalue weighted by atomic mass is 16.5. The summed E-state index contributed by atoms with van der Waals surface area (Å²) in [7, 11) is 0. The molecule has 0 aliphatic heterocycles. The molecule has 0 fully saturated rings. The number of rotatable bonds is 4. The Morgan fingerprint density at radius 3 is 2.58 bits per heavy atom. The summed E-state index contributed by atoms with van der Waals surface area (Å²) in [5.74, 6) is -0.401. The summed E-state index contributed by atoms with van der Waals surface area (Å²) >= 11 is 0. The molecule has 3 heteroatoms. The Labute approximate surface area is 72.3 Å². The van der Waals surface area contributed by atoms with Crippen molar-refractivity contribution in [1.82, 2.24) is 0 Å². The van der Waals surface area contributed by atoms with Gasteiger partial charge in [-0.1, -0.05) is 12.7 Å². The third-order valence-electron chi connectivity index (χ3n) is 1.53. The van der Waals surface area contributed by atoms with Gasteiger partial charge in [0.25, 0.3) is 0 Å². The third kappa shape index (κ3) is 3.34. The number of hydrogen-bond donors (Lipinski definition) is 1. The number of ether oxygens (including phenoxy) is 1. The fourth-order valence-corrected chi connectivity index (χ4v) is 0.561. The minimum absolute atomic E-state index is 0.0423. The molecule has 0 heterocycles. The maximum Gasteiger partial charge on any atom is 0.334 e. The van der Waals surface area contributed by atoms with E-state index in [1.54, 1.807) is 19.9 Å². The minimum Gasteiger partial charge on any atom is -0.460 e. The van der Waals surface area contributed by atoms with E-state index >= 15 is 0 Å². The summed E-state index contributed by atoms with van der Waals surface area (Å²) in [5.41, 5.74) is 1.32. The van der Waals surface area contributed by atoms with Gasteiger partial charge in [-0.15, -0.1) is 0 Å². The summed E-state index contributed by atoms with van der Waals surface area (Å²) in [6, 6.07) is 0. The van der Waals surface area contributed by atoms with Gasteiger partial charge < -0.3 is 9.84 Å². The number of hydrogen-bond acceptors (Lipinski definition) is 3. The van der Waals surface area contributed by atoms with Gasteiger partial charge in [0.2, 0.25) is 0 Å². The van der Waals surface area contributed by atoms with Crippen LogP contribution >= 0.6 is 0 Å². The van der Waals surface area contributed by atoms with Gasteiger partial charge in [-0.05, 0) is 19.4 Å². The van der Waals surface area contributed by atoms with E-state index in [4.69, 9.17) is 5.11 Å². The molecule has 68 valence electrons. The van der Waals surface area contributed by atoms with Crippen LogP contribution in [0.5, 0.6) is 0 Å². The van der Waals surface area contributed by atoms with E-state index in [1.807, 2.05) is 0 Å². The van der Waals surface area contributed by atoms with E-state index in [0.29, 0.717) is 5.57 Å². The molecule has 0 aromatic rings. The zero-order valence-corrected chi connectivity index (χ0v) is 7.46. The monoisotopic (exact) mass is 170 g/mol. The van der Waals surface area contributed by atoms with Crippen LogP contribution in [0.2, 0.25) is 0 Å². The first-order valence-corrected chi connectivity index (χ1v) is 3.71. The van der Waals surface area contributed by atoms with E-state index in [1.165, 1.54) is 0 Å². The second-order valence-electron chi connectivity index (χ2n) is 2.37. The Morgan fingerprint density at radius 1 is 1.58 bits per heavy atom. The SMILES string of the molecule is C=CC(C)=C(C)C(=O)OCCO. The van der Waals surface area contributed by atoms with Crippen LogP contribution < -0.4 is 0 Å². The normalized spacial score (nSPS) is 11.9. The number of carbonyl (C=O) groups excluding carboxylic acids is 1. The maximum absolute atomic E-state index is 11.1. The number of esters is 1. The third-order valence-corrected chi connectivity index (χ3v) is 1.53. The summed E-state index contributed by atoms with van der Waals surface area (Å²) in [5, 5.41) is 8.38. The maximum atomic E-state index is 11.1. The van der Waals surface area contributed by atoms with Crippen molar-refractivity contribution in [2.75, 3.05) is 13.2 Å². The zero-order chi connectivity index (χ0) is 9.56. The van der Waals surface area contributed by atoms with Crippen LogP contribution in [0.3, 0.4) is 0 Å². The second kappa shape index (κ2) is 5.55. The van der Waals surface area contributed by atoms with Crippen LogP contribution in [-0.2, 0) is 9.53 Å². The average Bonchev–Trinajstić information content (AvgIpc) is 2.11. The van der Waals surface area contributed by atoms with Crippen molar-refractivity contribution in [1.29, 1.82) is 0 Å². The lowest BCUT2D eigenvalue weighted by atomic mass is 10.1. The van der Waals surface area contributed by atoms with Gasteiger partial charge >= 0.3 is 5.97 Å². The first kappa shape index (κ1) is 10.9. The molecule has 0 spiro atoms. The van der Waals surface area contributed by atoms with Gasteiger partial charge in [0.1, 0.15) is 6.61 Å². The van der Waals surface area contributed by atoms with Crippen LogP contribution in [0.4, 0.5) is 0 Å². The molecule has 0 rings (SSSR count). The van der Waals surface area contributed by atoms with E-state index in [0.717, 1.165) is 5.57 Å². The van der Waals surface area contributed by atoms with Gasteiger partial charge in [0.05, 0.1) is 6.61 Å². The van der Waals surface area contributed by atoms with Crippen molar-refractivity contribution >= 4 is 5.97 Å². The van der Waals surface area contributed by atoms with Gasteiger partial charge in [0, 0.05) is 5.57 Å². The summed E-state index contributed by atoms with van der Waals surface area (Å²) in [6.45, 7) is 6.87. The lowest BCUT2D eigenvalue weighted by Crippen LogP contribution is -2.10. The number of carbonyl (C=O) groups is 1. The van der Waals surface area contributed by atoms with Crippen LogP contribution in [-0.4, -0.2) is 24.3 Å². The van der Waals surface area contributed by atoms with E-state index in [9.17, 15) is 4.79 Å². The van der Waals surface area contributed by atoms with E-state index in [-0.39, 0.29) is 13.2 Å². The van der Waals surface area contributed by atoms with Crippen molar-refractivity contribution in [3.05, 3.63) is 23.8 Å². The molecule has 3 nitrogen and oxygen atoms in total. The Morgan fingerprint density at radius 2 is 2.17 bits per heavy atom. The lowest BCUT2D eigenvalue weighted by Gasteiger charge is -2.03. The van der Waals surface area contributed by atoms with Crippen LogP contribution in [0.25, 0.3) is 0 Å². The highest BCUT2D eigenvalue weighted by Gasteiger charge is 2.06. The van der Waals surface area contributed by atoms with E-state index < -0.39 is 5.97 Å². The molecule has 0 amide bonds. The van der Waals surface area contributed by atoms with Gasteiger partial charge in [-0.2, -0.15) is 0 Å². The van der Waals surface area contributed by atoms with Crippen molar-refractivity contribution in [2.45, 2.75) is 13.8 Å². The first-order valence-electron chi connectivity index (χ1n) is 3.71. The fourth-order valence-electron chi connectivity index (χ4n) is 0.561. The predicted molar refractivity (Wildman–Crippen MR) is 46.6 cm³/mol. The molecule has 0 aromatic heterocycles. The topological polar surface area (TPSA) is 46.5 Å². The highest BCUT2D eigenvalue weighted by Crippen LogP contribution is 2.05. The highest BCUT2D eigenvalue weighted by molar-refractivity contribution is 5.89. The van der Waals surface area contributed by atoms with Crippen LogP contribution in [0.1, 0.15) is 13.8 Å². The number of allylic oxidation sites excluding steroid dienone is 2. The lowest BCUT2D eigenvalue weighted by molar-refractivity contribution is -0.139. The molecule has 0 radical (unpaired) electrons. The molecule has 0 aliphatic carbocycles. The summed E-state index contributed by atoms with van der Waals surface area (Å²) in [4.78, 5) is 11.1. The molecule has 0 saturated heterocycles. The Bertz CT molecular complexity index is 204. The van der Waals surface area contributed by atoms with Crippen LogP contribution in [0, 0.1) is 0 Å². The van der Waals surface area contributed by atoms with Crippen molar-refractivity contribution in [2.24, 2.45) is 0 Å². The molecular formula is C9H14O3. The smallest absolute Gasteiger partial charge is 0.334 e. The standard InChI is InChI=1S/C9H14O3/c1-4-7(2)8(3)9(11)12-6-5-10/h4,10H,1,5-6H2,2-3H3. The molecule has 0 bridgehead atoms. The molecule has 0 atom stereocenters. The number of aliphatic hydroxyl groups is 1. The quantitative estimate of drug-likeness (QED) is 0.389. The summed E-state index contributed by atoms with van der Waals surface area (Å²) < 4.78 is 4.68. The van der Waals surface area contributed by atoms with Crippen molar-refractivity contribution in [3.63, 3.8) is 0 Å². The largest absolute Gasteiger partial charge is 0.460 e. The molecule has 0 unspecified atom stereocenters. The van der Waals surface area contributed by atoms with Crippen LogP contribution in [0.15, 0.2) is 23.8 Å². The molecule has 0 aliphatic rings. The molecule has 12 heavy (non-hydrogen) atoms. The van der Waals surface area contributed by atoms with Crippen molar-refractivity contribution in [3.8, 4) is 0 Å². The Balaban J connectivity index is 4.18. The second-order valence-corrected chi connectivity index (χ2v) is 2.37. The average molecular weight is 170 g/mol. The van der Waals surface area contributed by atoms with E-state index in [2.05, 4.69) is 11.3 Å². The zero-order valence-electron chi connectivity index (χ0n) is 7.46.